The van der Waals surface area contributed by atoms with E-state index in [9.17, 15) is 9.90 Å². The molecule has 2 rings (SSSR count). The van der Waals surface area contributed by atoms with Gasteiger partial charge >= 0.3 is 0 Å². The van der Waals surface area contributed by atoms with Crippen LogP contribution in [0.4, 0.5) is 0 Å². The fraction of sp³-hybridized carbons (Fsp3) is 0.167. The fourth-order valence-electron chi connectivity index (χ4n) is 1.53. The normalized spacial score (nSPS) is 10.5. The summed E-state index contributed by atoms with van der Waals surface area (Å²) in [5.41, 5.74) is 1.24. The van der Waals surface area contributed by atoms with Gasteiger partial charge in [0.2, 0.25) is 0 Å². The molecule has 0 fully saturated rings. The van der Waals surface area contributed by atoms with E-state index in [1.54, 1.807) is 12.1 Å². The summed E-state index contributed by atoms with van der Waals surface area (Å²) in [5.74, 6) is 0.218. The molecule has 3 heteroatoms. The minimum atomic E-state index is 0.0669. The number of para-hydroxylation sites is 1. The highest BCUT2D eigenvalue weighted by molar-refractivity contribution is 5.85. The van der Waals surface area contributed by atoms with Gasteiger partial charge in [0.1, 0.15) is 17.0 Å². The molecule has 0 spiro atoms. The third-order valence-electron chi connectivity index (χ3n) is 2.19. The van der Waals surface area contributed by atoms with Crippen LogP contribution in [-0.2, 0) is 11.2 Å². The molecule has 0 unspecified atom stereocenters. The molecule has 0 aliphatic heterocycles. The van der Waals surface area contributed by atoms with Gasteiger partial charge in [0, 0.05) is 17.5 Å². The molecule has 1 heterocycles. The summed E-state index contributed by atoms with van der Waals surface area (Å²) in [6.45, 7) is 1.52. The number of carbonyl (C=O) groups excluding carboxylic acids is 1. The first-order chi connectivity index (χ1) is 7.16. The second-order valence-electron chi connectivity index (χ2n) is 3.53. The van der Waals surface area contributed by atoms with Gasteiger partial charge in [-0.05, 0) is 19.1 Å². The molecule has 0 saturated heterocycles. The summed E-state index contributed by atoms with van der Waals surface area (Å²) in [4.78, 5) is 15.2. The Labute approximate surface area is 87.4 Å². The molecule has 76 valence electrons. The zero-order valence-corrected chi connectivity index (χ0v) is 8.40. The van der Waals surface area contributed by atoms with Crippen LogP contribution in [0.5, 0.6) is 5.75 Å². The maximum absolute atomic E-state index is 10.9. The molecule has 2 aromatic rings. The Balaban J connectivity index is 2.54. The minimum absolute atomic E-state index is 0.0669. The summed E-state index contributed by atoms with van der Waals surface area (Å²) in [7, 11) is 0. The molecule has 1 N–H and O–H groups in total. The maximum atomic E-state index is 10.9. The molecule has 0 aliphatic rings. The minimum Gasteiger partial charge on any atom is -0.506 e. The molecule has 3 nitrogen and oxygen atoms in total. The Bertz CT molecular complexity index is 520. The van der Waals surface area contributed by atoms with E-state index in [1.807, 2.05) is 18.2 Å². The van der Waals surface area contributed by atoms with Gasteiger partial charge in [0.05, 0.1) is 0 Å². The second kappa shape index (κ2) is 3.69. The lowest BCUT2D eigenvalue weighted by Crippen LogP contribution is -1.98. The first kappa shape index (κ1) is 9.65. The highest BCUT2D eigenvalue weighted by Gasteiger charge is 2.04. The number of fused-ring (bicyclic) bond motifs is 1. The third-order valence-corrected chi connectivity index (χ3v) is 2.19. The summed E-state index contributed by atoms with van der Waals surface area (Å²) < 4.78 is 0. The van der Waals surface area contributed by atoms with Crippen molar-refractivity contribution < 1.29 is 9.90 Å². The summed E-state index contributed by atoms with van der Waals surface area (Å²) in [6.07, 6.45) is 0.310. The number of phenolic OH excluding ortho intramolecular Hbond substituents is 1. The van der Waals surface area contributed by atoms with E-state index in [2.05, 4.69) is 4.98 Å². The standard InChI is InChI=1S/C12H11NO2/c1-8(14)7-10-6-5-9-3-2-4-11(15)12(9)13-10/h2-6,15H,7H2,1H3. The van der Waals surface area contributed by atoms with E-state index in [-0.39, 0.29) is 11.5 Å². The molecule has 1 aromatic carbocycles. The average Bonchev–Trinajstić information content (AvgIpc) is 2.18. The van der Waals surface area contributed by atoms with E-state index in [4.69, 9.17) is 0 Å². The van der Waals surface area contributed by atoms with E-state index >= 15 is 0 Å². The van der Waals surface area contributed by atoms with Crippen LogP contribution in [0.25, 0.3) is 10.9 Å². The molecule has 0 atom stereocenters. The molecule has 0 bridgehead atoms. The van der Waals surface area contributed by atoms with Crippen molar-refractivity contribution in [3.05, 3.63) is 36.0 Å². The Morgan fingerprint density at radius 3 is 2.87 bits per heavy atom. The maximum Gasteiger partial charge on any atom is 0.141 e. The first-order valence-corrected chi connectivity index (χ1v) is 4.74. The number of aromatic nitrogens is 1. The van der Waals surface area contributed by atoms with Crippen LogP contribution in [0.2, 0.25) is 0 Å². The fourth-order valence-corrected chi connectivity index (χ4v) is 1.53. The number of pyridine rings is 1. The average molecular weight is 201 g/mol. The molecule has 15 heavy (non-hydrogen) atoms. The molecule has 0 radical (unpaired) electrons. The van der Waals surface area contributed by atoms with Crippen LogP contribution in [0.1, 0.15) is 12.6 Å². The zero-order chi connectivity index (χ0) is 10.8. The molecule has 0 saturated carbocycles. The Kier molecular flexibility index (Phi) is 2.37. The van der Waals surface area contributed by atoms with Crippen molar-refractivity contribution in [3.63, 3.8) is 0 Å². The van der Waals surface area contributed by atoms with Gasteiger partial charge in [-0.15, -0.1) is 0 Å². The van der Waals surface area contributed by atoms with E-state index in [0.717, 1.165) is 5.39 Å². The largest absolute Gasteiger partial charge is 0.506 e. The van der Waals surface area contributed by atoms with E-state index in [0.29, 0.717) is 17.6 Å². The lowest BCUT2D eigenvalue weighted by molar-refractivity contribution is -0.116. The highest BCUT2D eigenvalue weighted by atomic mass is 16.3. The van der Waals surface area contributed by atoms with Gasteiger partial charge in [-0.2, -0.15) is 0 Å². The Morgan fingerprint density at radius 2 is 2.13 bits per heavy atom. The lowest BCUT2D eigenvalue weighted by Gasteiger charge is -2.02. The van der Waals surface area contributed by atoms with Crippen LogP contribution in [0, 0.1) is 0 Å². The molecular weight excluding hydrogens is 190 g/mol. The van der Waals surface area contributed by atoms with Crippen LogP contribution < -0.4 is 0 Å². The topological polar surface area (TPSA) is 50.2 Å². The first-order valence-electron chi connectivity index (χ1n) is 4.74. The number of benzene rings is 1. The molecule has 0 aliphatic carbocycles. The number of hydrogen-bond acceptors (Lipinski definition) is 3. The number of Topliss-reactive ketones (excluding diaryl/α,β-unsaturated/α-hetero) is 1. The third kappa shape index (κ3) is 1.96. The number of rotatable bonds is 2. The van der Waals surface area contributed by atoms with Crippen LogP contribution in [0.15, 0.2) is 30.3 Å². The predicted octanol–water partition coefficient (Wildman–Crippen LogP) is 2.07. The number of nitrogens with zero attached hydrogens (tertiary/aromatic N) is 1. The zero-order valence-electron chi connectivity index (χ0n) is 8.40. The van der Waals surface area contributed by atoms with E-state index < -0.39 is 0 Å². The van der Waals surface area contributed by atoms with Gasteiger partial charge < -0.3 is 5.11 Å². The quantitative estimate of drug-likeness (QED) is 0.809. The Morgan fingerprint density at radius 1 is 1.33 bits per heavy atom. The van der Waals surface area contributed by atoms with Gasteiger partial charge in [0.25, 0.3) is 0 Å². The van der Waals surface area contributed by atoms with Gasteiger partial charge in [0.15, 0.2) is 0 Å². The van der Waals surface area contributed by atoms with Crippen molar-refractivity contribution in [2.45, 2.75) is 13.3 Å². The van der Waals surface area contributed by atoms with Crippen LogP contribution in [-0.4, -0.2) is 15.9 Å². The van der Waals surface area contributed by atoms with Crippen molar-refractivity contribution in [1.29, 1.82) is 0 Å². The van der Waals surface area contributed by atoms with Crippen LogP contribution >= 0.6 is 0 Å². The van der Waals surface area contributed by atoms with Crippen molar-refractivity contribution in [3.8, 4) is 5.75 Å². The summed E-state index contributed by atoms with van der Waals surface area (Å²) in [5, 5.41) is 10.5. The highest BCUT2D eigenvalue weighted by Crippen LogP contribution is 2.22. The Hall–Kier alpha value is -1.90. The van der Waals surface area contributed by atoms with Gasteiger partial charge in [-0.1, -0.05) is 18.2 Å². The molecular formula is C12H11NO2. The monoisotopic (exact) mass is 201 g/mol. The smallest absolute Gasteiger partial charge is 0.141 e. The second-order valence-corrected chi connectivity index (χ2v) is 3.53. The number of carbonyl (C=O) groups is 1. The van der Waals surface area contributed by atoms with Crippen molar-refractivity contribution in [2.75, 3.05) is 0 Å². The summed E-state index contributed by atoms with van der Waals surface area (Å²) in [6, 6.07) is 8.90. The van der Waals surface area contributed by atoms with Gasteiger partial charge in [-0.3, -0.25) is 4.79 Å². The lowest BCUT2D eigenvalue weighted by atomic mass is 10.1. The van der Waals surface area contributed by atoms with Crippen molar-refractivity contribution in [1.82, 2.24) is 4.98 Å². The molecule has 0 amide bonds. The van der Waals surface area contributed by atoms with Gasteiger partial charge in [-0.25, -0.2) is 4.98 Å². The SMILES string of the molecule is CC(=O)Cc1ccc2cccc(O)c2n1. The number of phenols is 1. The van der Waals surface area contributed by atoms with E-state index in [1.165, 1.54) is 6.92 Å². The number of aromatic hydroxyl groups is 1. The predicted molar refractivity (Wildman–Crippen MR) is 57.8 cm³/mol. The number of ketones is 1. The van der Waals surface area contributed by atoms with Crippen LogP contribution in [0.3, 0.4) is 0 Å². The van der Waals surface area contributed by atoms with Crippen molar-refractivity contribution in [2.24, 2.45) is 0 Å². The van der Waals surface area contributed by atoms with Crippen molar-refractivity contribution >= 4 is 16.7 Å². The number of hydrogen-bond donors (Lipinski definition) is 1. The molecule has 1 aromatic heterocycles. The summed E-state index contributed by atoms with van der Waals surface area (Å²) >= 11 is 0.